The number of rotatable bonds is 11. The Kier molecular flexibility index (Phi) is 11.1. The Labute approximate surface area is 137 Å². The van der Waals surface area contributed by atoms with E-state index in [0.29, 0.717) is 25.8 Å². The SMILES string of the molecule is CO[Si](CCCOCC(O)Cn1cc[n+](C)c1)(OC)OC.P. The summed E-state index contributed by atoms with van der Waals surface area (Å²) >= 11 is 0. The van der Waals surface area contributed by atoms with Crippen LogP contribution in [0.3, 0.4) is 0 Å². The lowest BCUT2D eigenvalue weighted by Gasteiger charge is -2.24. The molecule has 9 heteroatoms. The van der Waals surface area contributed by atoms with Crippen LogP contribution in [0.25, 0.3) is 0 Å². The topological polar surface area (TPSA) is 66.0 Å². The summed E-state index contributed by atoms with van der Waals surface area (Å²) in [7, 11) is 4.23. The lowest BCUT2D eigenvalue weighted by molar-refractivity contribution is -0.671. The van der Waals surface area contributed by atoms with Gasteiger partial charge in [-0.1, -0.05) is 0 Å². The highest BCUT2D eigenvalue weighted by Crippen LogP contribution is 2.14. The van der Waals surface area contributed by atoms with Crippen LogP contribution < -0.4 is 4.57 Å². The molecule has 2 unspecified atom stereocenters. The maximum atomic E-state index is 9.89. The summed E-state index contributed by atoms with van der Waals surface area (Å²) in [4.78, 5) is 0. The molecule has 0 aromatic carbocycles. The summed E-state index contributed by atoms with van der Waals surface area (Å²) in [6, 6.07) is 0.694. The van der Waals surface area contributed by atoms with Crippen LogP contribution in [0, 0.1) is 0 Å². The Morgan fingerprint density at radius 2 is 1.86 bits per heavy atom. The number of aliphatic hydroxyl groups excluding tert-OH is 1. The summed E-state index contributed by atoms with van der Waals surface area (Å²) in [5.74, 6) is 0. The van der Waals surface area contributed by atoms with Gasteiger partial charge in [-0.15, -0.1) is 0 Å². The van der Waals surface area contributed by atoms with Gasteiger partial charge in [-0.05, 0) is 6.42 Å². The van der Waals surface area contributed by atoms with Gasteiger partial charge < -0.3 is 23.1 Å². The molecule has 0 bridgehead atoms. The highest BCUT2D eigenvalue weighted by atomic mass is 31.0. The van der Waals surface area contributed by atoms with E-state index in [9.17, 15) is 5.11 Å². The molecule has 0 aliphatic rings. The summed E-state index contributed by atoms with van der Waals surface area (Å²) in [5.41, 5.74) is 0. The molecule has 0 radical (unpaired) electrons. The van der Waals surface area contributed by atoms with Gasteiger partial charge in [-0.3, -0.25) is 0 Å². The maximum absolute atomic E-state index is 9.89. The predicted molar refractivity (Wildman–Crippen MR) is 89.7 cm³/mol. The number of hydrogen-bond acceptors (Lipinski definition) is 5. The fraction of sp³-hybridized carbons (Fsp3) is 0.769. The van der Waals surface area contributed by atoms with E-state index < -0.39 is 14.9 Å². The molecule has 0 aliphatic carbocycles. The van der Waals surface area contributed by atoms with Crippen LogP contribution in [0.5, 0.6) is 0 Å². The quantitative estimate of drug-likeness (QED) is 0.263. The maximum Gasteiger partial charge on any atom is 0.500 e. The van der Waals surface area contributed by atoms with Crippen molar-refractivity contribution in [2.75, 3.05) is 34.5 Å². The molecule has 1 aromatic heterocycles. The monoisotopic (exact) mass is 353 g/mol. The first-order valence-electron chi connectivity index (χ1n) is 6.97. The molecule has 22 heavy (non-hydrogen) atoms. The van der Waals surface area contributed by atoms with Crippen LogP contribution in [0.4, 0.5) is 0 Å². The Hall–Kier alpha value is -0.343. The van der Waals surface area contributed by atoms with Crippen molar-refractivity contribution in [2.24, 2.45) is 7.05 Å². The third kappa shape index (κ3) is 7.28. The molecule has 130 valence electrons. The number of aryl methyl sites for hydroxylation is 1. The van der Waals surface area contributed by atoms with E-state index in [1.807, 2.05) is 34.9 Å². The van der Waals surface area contributed by atoms with Crippen molar-refractivity contribution in [3.8, 4) is 0 Å². The molecule has 2 atom stereocenters. The number of nitrogens with zero attached hydrogens (tertiary/aromatic N) is 2. The molecule has 0 saturated heterocycles. The van der Waals surface area contributed by atoms with Crippen molar-refractivity contribution in [1.29, 1.82) is 0 Å². The van der Waals surface area contributed by atoms with Crippen molar-refractivity contribution in [2.45, 2.75) is 25.1 Å². The first kappa shape index (κ1) is 21.7. The van der Waals surface area contributed by atoms with E-state index in [1.54, 1.807) is 21.3 Å². The second-order valence-corrected chi connectivity index (χ2v) is 7.99. The number of aliphatic hydroxyl groups is 1. The molecule has 0 amide bonds. The van der Waals surface area contributed by atoms with Crippen molar-refractivity contribution in [1.82, 2.24) is 4.57 Å². The third-order valence-electron chi connectivity index (χ3n) is 3.26. The van der Waals surface area contributed by atoms with Gasteiger partial charge in [-0.25, -0.2) is 9.13 Å². The molecule has 7 nitrogen and oxygen atoms in total. The van der Waals surface area contributed by atoms with Gasteiger partial charge >= 0.3 is 8.80 Å². The molecule has 0 spiro atoms. The Morgan fingerprint density at radius 3 is 2.36 bits per heavy atom. The Bertz CT molecular complexity index is 395. The predicted octanol–water partition coefficient (Wildman–Crippen LogP) is 0.0164. The molecule has 1 N–H and O–H groups in total. The van der Waals surface area contributed by atoms with Crippen LogP contribution in [-0.4, -0.2) is 59.1 Å². The van der Waals surface area contributed by atoms with Crippen molar-refractivity contribution in [3.63, 3.8) is 0 Å². The number of imidazole rings is 1. The van der Waals surface area contributed by atoms with Gasteiger partial charge in [0.25, 0.3) is 0 Å². The van der Waals surface area contributed by atoms with Crippen LogP contribution in [0.15, 0.2) is 18.7 Å². The molecule has 1 heterocycles. The zero-order valence-electron chi connectivity index (χ0n) is 14.0. The van der Waals surface area contributed by atoms with E-state index in [1.165, 1.54) is 0 Å². The third-order valence-corrected chi connectivity index (χ3v) is 6.09. The second-order valence-electron chi connectivity index (χ2n) is 4.90. The number of ether oxygens (including phenoxy) is 1. The largest absolute Gasteiger partial charge is 0.500 e. The van der Waals surface area contributed by atoms with E-state index in [0.717, 1.165) is 6.42 Å². The second kappa shape index (κ2) is 11.2. The highest BCUT2D eigenvalue weighted by molar-refractivity contribution is 6.92. The van der Waals surface area contributed by atoms with Crippen LogP contribution in [0.1, 0.15) is 6.42 Å². The number of aromatic nitrogens is 2. The van der Waals surface area contributed by atoms with Gasteiger partial charge in [0.1, 0.15) is 25.0 Å². The average molecular weight is 353 g/mol. The minimum Gasteiger partial charge on any atom is -0.387 e. The van der Waals surface area contributed by atoms with E-state index >= 15 is 0 Å². The van der Waals surface area contributed by atoms with Gasteiger partial charge in [-0.2, -0.15) is 9.90 Å². The zero-order chi connectivity index (χ0) is 15.7. The van der Waals surface area contributed by atoms with Crippen molar-refractivity contribution >= 4 is 18.7 Å². The van der Waals surface area contributed by atoms with Crippen LogP contribution in [0.2, 0.25) is 6.04 Å². The van der Waals surface area contributed by atoms with Crippen molar-refractivity contribution < 1.29 is 27.7 Å². The molecular formula is C13H30N2O5PSi+. The fourth-order valence-corrected chi connectivity index (χ4v) is 3.76. The van der Waals surface area contributed by atoms with Gasteiger partial charge in [0.15, 0.2) is 0 Å². The van der Waals surface area contributed by atoms with E-state index in [4.69, 9.17) is 18.0 Å². The Balaban J connectivity index is 0.00000441. The van der Waals surface area contributed by atoms with E-state index in [2.05, 4.69) is 0 Å². The fourth-order valence-electron chi connectivity index (χ4n) is 2.07. The molecule has 1 aromatic rings. The van der Waals surface area contributed by atoms with Crippen LogP contribution >= 0.6 is 9.90 Å². The minimum atomic E-state index is -2.50. The summed E-state index contributed by atoms with van der Waals surface area (Å²) in [6.07, 6.45) is 6.01. The highest BCUT2D eigenvalue weighted by Gasteiger charge is 2.36. The molecular weight excluding hydrogens is 323 g/mol. The average Bonchev–Trinajstić information content (AvgIpc) is 2.88. The number of hydrogen-bond donors (Lipinski definition) is 1. The molecule has 1 rings (SSSR count). The normalized spacial score (nSPS) is 13.0. The summed E-state index contributed by atoms with van der Waals surface area (Å²) in [6.45, 7) is 1.37. The summed E-state index contributed by atoms with van der Waals surface area (Å²) in [5, 5.41) is 9.89. The minimum absolute atomic E-state index is 0. The first-order chi connectivity index (χ1) is 10.0. The standard InChI is InChI=1S/C13H27N2O5Si.H3P/c1-14-6-7-15(12-14)10-13(16)11-20-8-5-9-21(17-2,18-3)19-4;/h6-7,12-13,16H,5,8-11H2,1-4H3;1H3/q+1;. The van der Waals surface area contributed by atoms with Gasteiger partial charge in [0.2, 0.25) is 6.33 Å². The van der Waals surface area contributed by atoms with Crippen molar-refractivity contribution in [3.05, 3.63) is 18.7 Å². The Morgan fingerprint density at radius 1 is 1.23 bits per heavy atom. The molecule has 0 aliphatic heterocycles. The lowest BCUT2D eigenvalue weighted by Crippen LogP contribution is -2.42. The molecule has 0 fully saturated rings. The zero-order valence-corrected chi connectivity index (χ0v) is 16.4. The van der Waals surface area contributed by atoms with Gasteiger partial charge in [0.05, 0.1) is 13.7 Å². The van der Waals surface area contributed by atoms with Crippen LogP contribution in [-0.2, 0) is 31.6 Å². The molecule has 0 saturated carbocycles. The summed E-state index contributed by atoms with van der Waals surface area (Å²) < 4.78 is 25.3. The first-order valence-corrected chi connectivity index (χ1v) is 8.90. The smallest absolute Gasteiger partial charge is 0.387 e. The van der Waals surface area contributed by atoms with Gasteiger partial charge in [0, 0.05) is 34.0 Å². The lowest BCUT2D eigenvalue weighted by atomic mass is 10.4. The van der Waals surface area contributed by atoms with E-state index in [-0.39, 0.29) is 9.90 Å².